The van der Waals surface area contributed by atoms with Crippen LogP contribution in [0.5, 0.6) is 0 Å². The normalized spacial score (nSPS) is 10.4. The lowest BCUT2D eigenvalue weighted by Gasteiger charge is -2.29. The van der Waals surface area contributed by atoms with E-state index in [1.54, 1.807) is 0 Å². The van der Waals surface area contributed by atoms with E-state index in [-0.39, 0.29) is 136 Å². The van der Waals surface area contributed by atoms with Crippen molar-refractivity contribution in [2.75, 3.05) is 173 Å². The number of nitrogens with zero attached hydrogens (tertiary/aromatic N) is 6. The first-order chi connectivity index (χ1) is 30.5. The molecule has 30 nitrogen and oxygen atoms in total. The van der Waals surface area contributed by atoms with Crippen molar-refractivity contribution in [2.45, 2.75) is 0 Å². The smallest absolute Gasteiger partial charge is 0.407 e. The molecule has 0 saturated carbocycles. The predicted octanol–water partition coefficient (Wildman–Crippen LogP) is -5.40. The van der Waals surface area contributed by atoms with Gasteiger partial charge in [-0.2, -0.15) is 15.0 Å². The lowest BCUT2D eigenvalue weighted by atomic mass is 10.4. The number of amides is 6. The largest absolute Gasteiger partial charge is 0.447 e. The number of rotatable bonds is 33. The molecule has 0 atom stereocenters. The zero-order chi connectivity index (χ0) is 46.5. The van der Waals surface area contributed by atoms with E-state index in [2.05, 4.69) is 46.9 Å². The number of aromatic nitrogens is 3. The van der Waals surface area contributed by atoms with Crippen molar-refractivity contribution in [1.82, 2.24) is 46.9 Å². The van der Waals surface area contributed by atoms with Crippen molar-refractivity contribution >= 4 is 54.4 Å². The summed E-state index contributed by atoms with van der Waals surface area (Å²) in [5.41, 5.74) is 0. The van der Waals surface area contributed by atoms with Gasteiger partial charge in [-0.3, -0.25) is 0 Å². The van der Waals surface area contributed by atoms with Crippen molar-refractivity contribution < 1.29 is 87.8 Å². The number of carbonyl (C=O) groups is 6. The number of carbonyl (C=O) groups excluding carboxylic acids is 6. The molecule has 0 aromatic carbocycles. The van der Waals surface area contributed by atoms with Crippen LogP contribution in [-0.2, 0) is 28.4 Å². The van der Waals surface area contributed by atoms with Gasteiger partial charge in [-0.05, 0) is 0 Å². The predicted molar refractivity (Wildman–Crippen MR) is 215 cm³/mol. The standard InChI is InChI=1S/C33H60N12O18/c46-13-19-58-28(52)34-1-7-43(8-2-35-29(53)59-20-14-47)25-40-26(44(9-3-36-30(54)60-21-15-48)10-4-37-31(55)61-22-16-49)42-27(41-25)45(11-5-38-32(56)62-23-17-50)12-6-39-33(57)63-24-18-51/h46-51H,1-24H2,(H,34,52)(H,35,53)(H,36,54)(H,37,55)(H,38,56)(H,39,57). The monoisotopic (exact) mass is 912 g/mol. The molecule has 1 heterocycles. The van der Waals surface area contributed by atoms with Crippen LogP contribution in [0.4, 0.5) is 46.6 Å². The molecule has 1 rings (SSSR count). The molecule has 0 fully saturated rings. The molecule has 0 bridgehead atoms. The topological polar surface area (TPSA) is 400 Å². The Balaban J connectivity index is 3.82. The summed E-state index contributed by atoms with van der Waals surface area (Å²) in [7, 11) is 0. The van der Waals surface area contributed by atoms with E-state index in [4.69, 9.17) is 59.1 Å². The third kappa shape index (κ3) is 26.7. The first-order valence-electron chi connectivity index (χ1n) is 19.6. The minimum atomic E-state index is -0.853. The van der Waals surface area contributed by atoms with E-state index in [1.807, 2.05) is 0 Å². The van der Waals surface area contributed by atoms with Gasteiger partial charge in [0.2, 0.25) is 17.8 Å². The molecule has 1 aromatic rings. The van der Waals surface area contributed by atoms with Crippen molar-refractivity contribution in [3.63, 3.8) is 0 Å². The first-order valence-corrected chi connectivity index (χ1v) is 19.6. The molecular formula is C33H60N12O18. The number of hydrogen-bond donors (Lipinski definition) is 12. The summed E-state index contributed by atoms with van der Waals surface area (Å²) in [6.45, 7) is -4.98. The summed E-state index contributed by atoms with van der Waals surface area (Å²) in [6, 6.07) is 0. The van der Waals surface area contributed by atoms with E-state index in [0.717, 1.165) is 0 Å². The van der Waals surface area contributed by atoms with Crippen LogP contribution in [0.15, 0.2) is 0 Å². The summed E-state index contributed by atoms with van der Waals surface area (Å²) >= 11 is 0. The van der Waals surface area contributed by atoms with Crippen LogP contribution in [0.3, 0.4) is 0 Å². The van der Waals surface area contributed by atoms with Crippen LogP contribution in [0, 0.1) is 0 Å². The second-order valence-corrected chi connectivity index (χ2v) is 11.9. The first kappa shape index (κ1) is 54.8. The third-order valence-electron chi connectivity index (χ3n) is 7.30. The van der Waals surface area contributed by atoms with Gasteiger partial charge in [0.15, 0.2) is 0 Å². The average Bonchev–Trinajstić information content (AvgIpc) is 3.28. The lowest BCUT2D eigenvalue weighted by Crippen LogP contribution is -2.44. The zero-order valence-corrected chi connectivity index (χ0v) is 34.7. The number of hydrogen-bond acceptors (Lipinski definition) is 24. The van der Waals surface area contributed by atoms with Gasteiger partial charge in [-0.1, -0.05) is 0 Å². The van der Waals surface area contributed by atoms with Gasteiger partial charge >= 0.3 is 36.6 Å². The average molecular weight is 913 g/mol. The molecule has 63 heavy (non-hydrogen) atoms. The highest BCUT2D eigenvalue weighted by Crippen LogP contribution is 2.19. The fourth-order valence-electron chi connectivity index (χ4n) is 4.60. The summed E-state index contributed by atoms with van der Waals surface area (Å²) in [5.74, 6) is -0.216. The molecule has 0 aliphatic carbocycles. The highest BCUT2D eigenvalue weighted by Gasteiger charge is 2.22. The molecule has 12 N–H and O–H groups in total. The molecule has 1 aromatic heterocycles. The van der Waals surface area contributed by atoms with Crippen LogP contribution in [0.1, 0.15) is 0 Å². The van der Waals surface area contributed by atoms with Gasteiger partial charge in [0, 0.05) is 78.5 Å². The molecule has 0 saturated heterocycles. The third-order valence-corrected chi connectivity index (χ3v) is 7.30. The van der Waals surface area contributed by atoms with E-state index in [0.29, 0.717) is 0 Å². The van der Waals surface area contributed by atoms with E-state index in [1.165, 1.54) is 14.7 Å². The van der Waals surface area contributed by atoms with Gasteiger partial charge in [-0.25, -0.2) is 28.8 Å². The minimum Gasteiger partial charge on any atom is -0.447 e. The molecule has 30 heteroatoms. The van der Waals surface area contributed by atoms with Gasteiger partial charge in [0.25, 0.3) is 0 Å². The number of nitrogens with one attached hydrogen (secondary N) is 6. The molecule has 0 unspecified atom stereocenters. The zero-order valence-electron chi connectivity index (χ0n) is 34.7. The minimum absolute atomic E-state index is 0.0441. The molecule has 0 radical (unpaired) electrons. The summed E-state index contributed by atoms with van der Waals surface area (Å²) in [6.07, 6.45) is -5.12. The molecule has 0 aliphatic rings. The Hall–Kier alpha value is -6.21. The van der Waals surface area contributed by atoms with Crippen molar-refractivity contribution in [3.8, 4) is 0 Å². The van der Waals surface area contributed by atoms with Gasteiger partial charge in [0.1, 0.15) is 39.6 Å². The fraction of sp³-hybridized carbons (Fsp3) is 0.727. The Morgan fingerprint density at radius 2 is 0.492 bits per heavy atom. The van der Waals surface area contributed by atoms with Crippen molar-refractivity contribution in [3.05, 3.63) is 0 Å². The summed E-state index contributed by atoms with van der Waals surface area (Å²) in [5, 5.41) is 69.3. The van der Waals surface area contributed by atoms with Crippen molar-refractivity contribution in [2.24, 2.45) is 0 Å². The molecular weight excluding hydrogens is 852 g/mol. The van der Waals surface area contributed by atoms with Crippen LogP contribution in [-0.4, -0.2) is 240 Å². The maximum atomic E-state index is 12.2. The van der Waals surface area contributed by atoms with Crippen LogP contribution >= 0.6 is 0 Å². The number of ether oxygens (including phenoxy) is 6. The SMILES string of the molecule is O=C(NCCN(CCNC(=O)OCCO)c1nc(N(CCNC(=O)OCCO)CCNC(=O)OCCO)nc(N(CCNC(=O)OCCO)CCNC(=O)OCCO)n1)OCCO. The maximum absolute atomic E-state index is 12.2. The lowest BCUT2D eigenvalue weighted by molar-refractivity contribution is 0.118. The van der Waals surface area contributed by atoms with Gasteiger partial charge in [0.05, 0.1) is 39.6 Å². The fourth-order valence-corrected chi connectivity index (χ4v) is 4.60. The summed E-state index contributed by atoms with van der Waals surface area (Å²) < 4.78 is 29.2. The Kier molecular flexibility index (Phi) is 30.8. The summed E-state index contributed by atoms with van der Waals surface area (Å²) in [4.78, 5) is 91.9. The van der Waals surface area contributed by atoms with Crippen LogP contribution in [0.25, 0.3) is 0 Å². The quantitative estimate of drug-likeness (QED) is 0.0293. The number of aliphatic hydroxyl groups is 6. The second kappa shape index (κ2) is 35.4. The molecule has 360 valence electrons. The molecule has 0 aliphatic heterocycles. The second-order valence-electron chi connectivity index (χ2n) is 11.9. The Labute approximate surface area is 361 Å². The Bertz CT molecular complexity index is 1220. The Morgan fingerprint density at radius 1 is 0.333 bits per heavy atom. The number of aliphatic hydroxyl groups excluding tert-OH is 6. The van der Waals surface area contributed by atoms with E-state index >= 15 is 0 Å². The highest BCUT2D eigenvalue weighted by atomic mass is 16.6. The maximum Gasteiger partial charge on any atom is 0.407 e. The van der Waals surface area contributed by atoms with Gasteiger partial charge < -0.3 is 106 Å². The highest BCUT2D eigenvalue weighted by molar-refractivity contribution is 5.69. The Morgan fingerprint density at radius 3 is 0.635 bits per heavy atom. The van der Waals surface area contributed by atoms with E-state index < -0.39 is 76.2 Å². The van der Waals surface area contributed by atoms with Crippen LogP contribution < -0.4 is 46.6 Å². The van der Waals surface area contributed by atoms with E-state index in [9.17, 15) is 28.8 Å². The van der Waals surface area contributed by atoms with Gasteiger partial charge in [-0.15, -0.1) is 0 Å². The molecule has 0 spiro atoms. The van der Waals surface area contributed by atoms with Crippen LogP contribution in [0.2, 0.25) is 0 Å². The van der Waals surface area contributed by atoms with Crippen molar-refractivity contribution in [1.29, 1.82) is 0 Å². The number of anilines is 3. The number of alkyl carbamates (subject to hydrolysis) is 6. The molecule has 6 amide bonds.